The maximum absolute atomic E-state index is 13.6. The molecule has 3 aromatic rings. The highest BCUT2D eigenvalue weighted by molar-refractivity contribution is 14.1. The number of nitrogens with zero attached hydrogens (tertiary/aromatic N) is 5. The number of piperidine rings is 2. The number of aryl methyl sites for hydroxylation is 1. The van der Waals surface area contributed by atoms with Crippen molar-refractivity contribution in [2.45, 2.75) is 37.3 Å². The lowest BCUT2D eigenvalue weighted by Gasteiger charge is -2.42. The smallest absolute Gasteiger partial charge is 0.407 e. The Balaban J connectivity index is 1.28. The lowest BCUT2D eigenvalue weighted by Crippen LogP contribution is -2.53. The van der Waals surface area contributed by atoms with E-state index in [-0.39, 0.29) is 36.4 Å². The first kappa shape index (κ1) is 25.7. The lowest BCUT2D eigenvalue weighted by molar-refractivity contribution is -0.142. The number of rotatable bonds is 4. The zero-order chi connectivity index (χ0) is 26.3. The van der Waals surface area contributed by atoms with Gasteiger partial charge in [-0.25, -0.2) is 9.78 Å². The Morgan fingerprint density at radius 1 is 1.14 bits per heavy atom. The second-order valence-corrected chi connectivity index (χ2v) is 11.2. The molecule has 5 rings (SSSR count). The Kier molecular flexibility index (Phi) is 7.01. The molecule has 2 aromatic heterocycles. The second-order valence-electron chi connectivity index (χ2n) is 10.1. The number of hydrogen-bond donors (Lipinski definition) is 2. The third-order valence-corrected chi connectivity index (χ3v) is 8.89. The van der Waals surface area contributed by atoms with Crippen molar-refractivity contribution in [1.29, 1.82) is 0 Å². The van der Waals surface area contributed by atoms with Crippen molar-refractivity contribution in [1.82, 2.24) is 23.9 Å². The number of carbonyl (C=O) groups is 2. The molecule has 2 fully saturated rings. The molecule has 10 nitrogen and oxygen atoms in total. The Hall–Kier alpha value is -2.93. The fourth-order valence-electron chi connectivity index (χ4n) is 5.63. The number of hydrogen-bond acceptors (Lipinski definition) is 5. The van der Waals surface area contributed by atoms with Gasteiger partial charge in [0.05, 0.1) is 21.2 Å². The molecule has 0 spiro atoms. The van der Waals surface area contributed by atoms with E-state index in [1.54, 1.807) is 11.0 Å². The molecule has 2 aliphatic heterocycles. The highest BCUT2D eigenvalue weighted by Gasteiger charge is 2.41. The highest BCUT2D eigenvalue weighted by Crippen LogP contribution is 2.35. The molecule has 4 heterocycles. The van der Waals surface area contributed by atoms with Crippen LogP contribution in [0, 0.1) is 9.62 Å². The van der Waals surface area contributed by atoms with E-state index in [0.29, 0.717) is 49.9 Å². The lowest BCUT2D eigenvalue weighted by atomic mass is 9.79. The second kappa shape index (κ2) is 10.1. The molecule has 2 saturated heterocycles. The number of amides is 2. The fraction of sp³-hybridized carbons (Fsp3) is 0.462. The van der Waals surface area contributed by atoms with Crippen LogP contribution >= 0.6 is 22.6 Å². The number of benzene rings is 1. The van der Waals surface area contributed by atoms with Gasteiger partial charge >= 0.3 is 6.09 Å². The monoisotopic (exact) mass is 619 g/mol. The van der Waals surface area contributed by atoms with E-state index in [2.05, 4.69) is 27.6 Å². The molecule has 11 heteroatoms. The minimum absolute atomic E-state index is 0.0000517. The van der Waals surface area contributed by atoms with E-state index in [9.17, 15) is 24.6 Å². The first-order valence-corrected chi connectivity index (χ1v) is 13.5. The molecule has 2 N–H and O–H groups in total. The van der Waals surface area contributed by atoms with Gasteiger partial charge < -0.3 is 24.6 Å². The zero-order valence-corrected chi connectivity index (χ0v) is 22.7. The van der Waals surface area contributed by atoms with Crippen LogP contribution in [0.1, 0.15) is 30.7 Å². The third-order valence-electron chi connectivity index (χ3n) is 7.85. The van der Waals surface area contributed by atoms with Gasteiger partial charge in [0.25, 0.3) is 5.56 Å². The molecule has 2 atom stereocenters. The molecule has 0 unspecified atom stereocenters. The van der Waals surface area contributed by atoms with Crippen molar-refractivity contribution in [3.8, 4) is 0 Å². The molecule has 2 aliphatic rings. The van der Waals surface area contributed by atoms with Gasteiger partial charge in [0, 0.05) is 45.1 Å². The summed E-state index contributed by atoms with van der Waals surface area (Å²) in [6.07, 6.45) is 1.67. The van der Waals surface area contributed by atoms with E-state index in [1.807, 2.05) is 41.9 Å². The topological polar surface area (TPSA) is 121 Å². The first-order valence-electron chi connectivity index (χ1n) is 12.4. The number of aliphatic hydroxyl groups is 1. The summed E-state index contributed by atoms with van der Waals surface area (Å²) >= 11 is 2.16. The Bertz CT molecular complexity index is 1380. The molecule has 37 heavy (non-hydrogen) atoms. The van der Waals surface area contributed by atoms with Crippen molar-refractivity contribution in [2.24, 2.45) is 13.0 Å². The van der Waals surface area contributed by atoms with Crippen LogP contribution in [0.2, 0.25) is 0 Å². The maximum Gasteiger partial charge on any atom is 0.407 e. The summed E-state index contributed by atoms with van der Waals surface area (Å²) in [5, 5.41) is 21.4. The first-order chi connectivity index (χ1) is 17.7. The van der Waals surface area contributed by atoms with Crippen LogP contribution in [-0.2, 0) is 18.4 Å². The predicted octanol–water partition coefficient (Wildman–Crippen LogP) is 2.48. The highest BCUT2D eigenvalue weighted by atomic mass is 127. The quantitative estimate of drug-likeness (QED) is 0.433. The van der Waals surface area contributed by atoms with Crippen molar-refractivity contribution in [2.75, 3.05) is 26.2 Å². The summed E-state index contributed by atoms with van der Waals surface area (Å²) in [7, 11) is 1.86. The summed E-state index contributed by atoms with van der Waals surface area (Å²) < 4.78 is 4.22. The van der Waals surface area contributed by atoms with Gasteiger partial charge in [-0.2, -0.15) is 0 Å². The van der Waals surface area contributed by atoms with Crippen LogP contribution in [0.5, 0.6) is 0 Å². The standard InChI is InChI=1S/C26H30IN5O5/c1-29-21(27)13-19-22(29)28-16-32(24(19)34)15-26(37)8-11-30(12-9-26)23(33)18-7-10-31(25(35)36)14-20(18)17-5-3-2-4-6-17/h2-6,13,16,18,20,37H,7-12,14-15H2,1H3,(H,35,36)/t18-,20+/m1/s1. The maximum atomic E-state index is 13.6. The molecule has 0 bridgehead atoms. The van der Waals surface area contributed by atoms with Gasteiger partial charge in [0.1, 0.15) is 12.0 Å². The Morgan fingerprint density at radius 2 is 1.84 bits per heavy atom. The van der Waals surface area contributed by atoms with E-state index >= 15 is 0 Å². The molecule has 2 amide bonds. The number of likely N-dealkylation sites (tertiary alicyclic amines) is 2. The van der Waals surface area contributed by atoms with Crippen LogP contribution in [0.4, 0.5) is 4.79 Å². The normalized spacial score (nSPS) is 21.8. The zero-order valence-electron chi connectivity index (χ0n) is 20.6. The van der Waals surface area contributed by atoms with Crippen molar-refractivity contribution in [3.63, 3.8) is 0 Å². The minimum Gasteiger partial charge on any atom is -0.465 e. The number of aromatic nitrogens is 3. The van der Waals surface area contributed by atoms with E-state index in [4.69, 9.17) is 0 Å². The average Bonchev–Trinajstić information content (AvgIpc) is 3.20. The van der Waals surface area contributed by atoms with Gasteiger partial charge in [-0.3, -0.25) is 14.2 Å². The van der Waals surface area contributed by atoms with E-state index in [1.165, 1.54) is 15.8 Å². The Morgan fingerprint density at radius 3 is 2.51 bits per heavy atom. The largest absolute Gasteiger partial charge is 0.465 e. The summed E-state index contributed by atoms with van der Waals surface area (Å²) in [6.45, 7) is 1.48. The molecule has 0 saturated carbocycles. The molecular formula is C26H30IN5O5. The number of halogens is 1. The van der Waals surface area contributed by atoms with E-state index < -0.39 is 11.7 Å². The average molecular weight is 619 g/mol. The van der Waals surface area contributed by atoms with Crippen LogP contribution in [0.15, 0.2) is 47.5 Å². The molecule has 0 radical (unpaired) electrons. The summed E-state index contributed by atoms with van der Waals surface area (Å²) in [5.41, 5.74) is 0.258. The van der Waals surface area contributed by atoms with Gasteiger partial charge in [0.15, 0.2) is 0 Å². The van der Waals surface area contributed by atoms with Crippen molar-refractivity contribution < 1.29 is 19.8 Å². The molecule has 1 aromatic carbocycles. The van der Waals surface area contributed by atoms with Gasteiger partial charge in [0.2, 0.25) is 5.91 Å². The molecule has 196 valence electrons. The SMILES string of the molecule is Cn1c(I)cc2c(=O)n(CC3(O)CCN(C(=O)[C@@H]4CCN(C(=O)O)C[C@H]4c4ccccc4)CC3)cnc21. The predicted molar refractivity (Wildman–Crippen MR) is 145 cm³/mol. The fourth-order valence-corrected chi connectivity index (χ4v) is 6.17. The van der Waals surface area contributed by atoms with Crippen LogP contribution in [-0.4, -0.2) is 77.9 Å². The number of fused-ring (bicyclic) bond motifs is 1. The summed E-state index contributed by atoms with van der Waals surface area (Å²) in [5.74, 6) is -0.538. The molecule has 0 aliphatic carbocycles. The summed E-state index contributed by atoms with van der Waals surface area (Å²) in [6, 6.07) is 11.4. The van der Waals surface area contributed by atoms with Crippen LogP contribution in [0.3, 0.4) is 0 Å². The molecular weight excluding hydrogens is 589 g/mol. The van der Waals surface area contributed by atoms with Gasteiger partial charge in [-0.1, -0.05) is 30.3 Å². The summed E-state index contributed by atoms with van der Waals surface area (Å²) in [4.78, 5) is 45.9. The van der Waals surface area contributed by atoms with Gasteiger partial charge in [-0.15, -0.1) is 0 Å². The van der Waals surface area contributed by atoms with Crippen LogP contribution < -0.4 is 5.56 Å². The van der Waals surface area contributed by atoms with Crippen molar-refractivity contribution >= 4 is 45.6 Å². The Labute approximate surface area is 227 Å². The van der Waals surface area contributed by atoms with Crippen LogP contribution in [0.25, 0.3) is 11.0 Å². The number of carboxylic acid groups (broad SMARTS) is 1. The minimum atomic E-state index is -1.12. The third kappa shape index (κ3) is 4.98. The van der Waals surface area contributed by atoms with E-state index in [0.717, 1.165) is 9.26 Å². The number of carbonyl (C=O) groups excluding carboxylic acids is 1. The van der Waals surface area contributed by atoms with Crippen molar-refractivity contribution in [3.05, 3.63) is 62.3 Å². The van der Waals surface area contributed by atoms with Gasteiger partial charge in [-0.05, 0) is 53.5 Å².